The highest BCUT2D eigenvalue weighted by atomic mass is 19.1. The largest absolute Gasteiger partial charge is 0.383 e. The lowest BCUT2D eigenvalue weighted by atomic mass is 10.0. The predicted octanol–water partition coefficient (Wildman–Crippen LogP) is 3.32. The van der Waals surface area contributed by atoms with Gasteiger partial charge in [0, 0.05) is 44.5 Å². The zero-order valence-electron chi connectivity index (χ0n) is 18.6. The van der Waals surface area contributed by atoms with Gasteiger partial charge in [0.05, 0.1) is 13.0 Å². The second kappa shape index (κ2) is 11.8. The van der Waals surface area contributed by atoms with Crippen LogP contribution in [0.4, 0.5) is 10.1 Å². The lowest BCUT2D eigenvalue weighted by Gasteiger charge is -2.35. The summed E-state index contributed by atoms with van der Waals surface area (Å²) in [5.74, 6) is -0.258. The van der Waals surface area contributed by atoms with Crippen LogP contribution in [0.2, 0.25) is 0 Å². The second-order valence-electron chi connectivity index (χ2n) is 8.36. The topological polar surface area (TPSA) is 53.6 Å². The van der Waals surface area contributed by atoms with Gasteiger partial charge in [0.25, 0.3) is 0 Å². The van der Waals surface area contributed by atoms with Crippen molar-refractivity contribution >= 4 is 11.6 Å². The van der Waals surface area contributed by atoms with Crippen molar-refractivity contribution in [3.05, 3.63) is 65.5 Å². The molecule has 1 atom stereocenters. The van der Waals surface area contributed by atoms with Gasteiger partial charge in [-0.1, -0.05) is 24.3 Å². The monoisotopic (exact) mass is 427 g/mol. The smallest absolute Gasteiger partial charge is 0.224 e. The molecule has 2 N–H and O–H groups in total. The fourth-order valence-electron chi connectivity index (χ4n) is 4.12. The van der Waals surface area contributed by atoms with Crippen molar-refractivity contribution in [2.75, 3.05) is 38.3 Å². The van der Waals surface area contributed by atoms with E-state index in [4.69, 9.17) is 4.74 Å². The zero-order valence-corrected chi connectivity index (χ0v) is 18.6. The van der Waals surface area contributed by atoms with E-state index in [9.17, 15) is 9.18 Å². The number of hydrogen-bond donors (Lipinski definition) is 2. The molecule has 31 heavy (non-hydrogen) atoms. The average molecular weight is 428 g/mol. The summed E-state index contributed by atoms with van der Waals surface area (Å²) in [5.41, 5.74) is 3.09. The summed E-state index contributed by atoms with van der Waals surface area (Å²) in [4.78, 5) is 14.6. The molecule has 3 rings (SSSR count). The maximum atomic E-state index is 13.2. The average Bonchev–Trinajstić information content (AvgIpc) is 2.75. The Kier molecular flexibility index (Phi) is 8.85. The zero-order chi connectivity index (χ0) is 22.1. The van der Waals surface area contributed by atoms with E-state index in [1.165, 1.54) is 17.8 Å². The van der Waals surface area contributed by atoms with E-state index in [1.54, 1.807) is 13.2 Å². The van der Waals surface area contributed by atoms with Gasteiger partial charge in [0.1, 0.15) is 5.82 Å². The van der Waals surface area contributed by atoms with Crippen LogP contribution >= 0.6 is 0 Å². The van der Waals surface area contributed by atoms with E-state index >= 15 is 0 Å². The minimum Gasteiger partial charge on any atom is -0.383 e. The number of methoxy groups -OCH3 is 1. The van der Waals surface area contributed by atoms with Crippen LogP contribution in [0.3, 0.4) is 0 Å². The van der Waals surface area contributed by atoms with E-state index < -0.39 is 0 Å². The Hall–Kier alpha value is -2.44. The Labute approximate surface area is 185 Å². The van der Waals surface area contributed by atoms with Crippen molar-refractivity contribution in [2.24, 2.45) is 0 Å². The maximum Gasteiger partial charge on any atom is 0.224 e. The molecule has 0 saturated carbocycles. The van der Waals surface area contributed by atoms with Gasteiger partial charge in [-0.2, -0.15) is 0 Å². The molecule has 0 radical (unpaired) electrons. The lowest BCUT2D eigenvalue weighted by Crippen LogP contribution is -2.46. The molecule has 5 nitrogen and oxygen atoms in total. The molecule has 0 bridgehead atoms. The molecule has 2 aromatic carbocycles. The Bertz CT molecular complexity index is 820. The fourth-order valence-corrected chi connectivity index (χ4v) is 4.12. The number of rotatable bonds is 10. The van der Waals surface area contributed by atoms with Crippen molar-refractivity contribution < 1.29 is 13.9 Å². The molecule has 168 valence electrons. The summed E-state index contributed by atoms with van der Waals surface area (Å²) in [6, 6.07) is 15.7. The quantitative estimate of drug-likeness (QED) is 0.611. The first kappa shape index (κ1) is 23.2. The number of piperidine rings is 1. The second-order valence-corrected chi connectivity index (χ2v) is 8.36. The Balaban J connectivity index is 1.39. The van der Waals surface area contributed by atoms with Gasteiger partial charge in [-0.15, -0.1) is 0 Å². The molecule has 1 aliphatic rings. The third kappa shape index (κ3) is 7.64. The first-order valence-electron chi connectivity index (χ1n) is 11.1. The standard InChI is InChI=1S/C25H34FN3O2/c1-19(18-31-2)28-23-11-14-29(15-12-23)24-8-6-21(7-9-24)17-25(30)27-13-10-20-4-3-5-22(26)16-20/h3-9,16,19,23,28H,10-15,17-18H2,1-2H3,(H,27,30). The molecular weight excluding hydrogens is 393 g/mol. The minimum absolute atomic E-state index is 0.0128. The maximum absolute atomic E-state index is 13.2. The van der Waals surface area contributed by atoms with Gasteiger partial charge in [0.2, 0.25) is 5.91 Å². The van der Waals surface area contributed by atoms with Crippen LogP contribution < -0.4 is 15.5 Å². The molecule has 0 spiro atoms. The summed E-state index contributed by atoms with van der Waals surface area (Å²) >= 11 is 0. The summed E-state index contributed by atoms with van der Waals surface area (Å²) < 4.78 is 18.4. The van der Waals surface area contributed by atoms with Crippen LogP contribution in [0.1, 0.15) is 30.9 Å². The van der Waals surface area contributed by atoms with E-state index in [2.05, 4.69) is 34.6 Å². The van der Waals surface area contributed by atoms with Gasteiger partial charge in [-0.25, -0.2) is 4.39 Å². The number of hydrogen-bond acceptors (Lipinski definition) is 4. The van der Waals surface area contributed by atoms with Crippen LogP contribution in [-0.2, 0) is 22.4 Å². The fraction of sp³-hybridized carbons (Fsp3) is 0.480. The van der Waals surface area contributed by atoms with E-state index in [-0.39, 0.29) is 11.7 Å². The van der Waals surface area contributed by atoms with Gasteiger partial charge in [0.15, 0.2) is 0 Å². The van der Waals surface area contributed by atoms with Crippen molar-refractivity contribution in [3.63, 3.8) is 0 Å². The normalized spacial score (nSPS) is 15.6. The van der Waals surface area contributed by atoms with Crippen molar-refractivity contribution in [2.45, 2.75) is 44.7 Å². The van der Waals surface area contributed by atoms with Crippen molar-refractivity contribution in [3.8, 4) is 0 Å². The number of ether oxygens (including phenoxy) is 1. The number of carbonyl (C=O) groups is 1. The Morgan fingerprint density at radius 1 is 1.16 bits per heavy atom. The number of amides is 1. The van der Waals surface area contributed by atoms with Crippen molar-refractivity contribution in [1.82, 2.24) is 10.6 Å². The van der Waals surface area contributed by atoms with E-state index in [1.807, 2.05) is 18.2 Å². The molecule has 1 aliphatic heterocycles. The molecule has 2 aromatic rings. The van der Waals surface area contributed by atoms with E-state index in [0.29, 0.717) is 31.5 Å². The number of benzene rings is 2. The number of nitrogens with one attached hydrogen (secondary N) is 2. The molecule has 0 aromatic heterocycles. The first-order valence-corrected chi connectivity index (χ1v) is 11.1. The van der Waals surface area contributed by atoms with Gasteiger partial charge >= 0.3 is 0 Å². The van der Waals surface area contributed by atoms with Crippen LogP contribution in [0.25, 0.3) is 0 Å². The highest BCUT2D eigenvalue weighted by Gasteiger charge is 2.20. The third-order valence-electron chi connectivity index (χ3n) is 5.72. The first-order chi connectivity index (χ1) is 15.0. The summed E-state index contributed by atoms with van der Waals surface area (Å²) in [7, 11) is 1.74. The minimum atomic E-state index is -0.245. The van der Waals surface area contributed by atoms with Gasteiger partial charge in [-0.05, 0) is 61.6 Å². The summed E-state index contributed by atoms with van der Waals surface area (Å²) in [6.07, 6.45) is 3.21. The number of carbonyl (C=O) groups excluding carboxylic acids is 1. The molecule has 6 heteroatoms. The molecule has 1 unspecified atom stereocenters. The SMILES string of the molecule is COCC(C)NC1CCN(c2ccc(CC(=O)NCCc3cccc(F)c3)cc2)CC1. The van der Waals surface area contributed by atoms with Gasteiger partial charge < -0.3 is 20.3 Å². The highest BCUT2D eigenvalue weighted by Crippen LogP contribution is 2.21. The van der Waals surface area contributed by atoms with Crippen LogP contribution in [0.15, 0.2) is 48.5 Å². The Morgan fingerprint density at radius 3 is 2.58 bits per heavy atom. The summed E-state index contributed by atoms with van der Waals surface area (Å²) in [5, 5.41) is 6.56. The van der Waals surface area contributed by atoms with Crippen molar-refractivity contribution in [1.29, 1.82) is 0 Å². The molecule has 1 fully saturated rings. The van der Waals surface area contributed by atoms with Crippen LogP contribution in [-0.4, -0.2) is 51.3 Å². The van der Waals surface area contributed by atoms with Crippen LogP contribution in [0.5, 0.6) is 0 Å². The molecule has 1 heterocycles. The number of anilines is 1. The molecule has 1 saturated heterocycles. The Morgan fingerprint density at radius 2 is 1.90 bits per heavy atom. The predicted molar refractivity (Wildman–Crippen MR) is 123 cm³/mol. The van der Waals surface area contributed by atoms with Crippen LogP contribution in [0, 0.1) is 5.82 Å². The third-order valence-corrected chi connectivity index (χ3v) is 5.72. The number of nitrogens with zero attached hydrogens (tertiary/aromatic N) is 1. The molecule has 0 aliphatic carbocycles. The summed E-state index contributed by atoms with van der Waals surface area (Å²) in [6.45, 7) is 5.45. The lowest BCUT2D eigenvalue weighted by molar-refractivity contribution is -0.120. The molecular formula is C25H34FN3O2. The highest BCUT2D eigenvalue weighted by molar-refractivity contribution is 5.78. The van der Waals surface area contributed by atoms with Gasteiger partial charge in [-0.3, -0.25) is 4.79 Å². The van der Waals surface area contributed by atoms with E-state index in [0.717, 1.165) is 43.7 Å². The number of halogens is 1. The molecule has 1 amide bonds.